The van der Waals surface area contributed by atoms with Gasteiger partial charge in [0.05, 0.1) is 4.92 Å². The van der Waals surface area contributed by atoms with Crippen LogP contribution in [0.2, 0.25) is 0 Å². The number of nitro benzene ring substituents is 1. The van der Waals surface area contributed by atoms with Crippen molar-refractivity contribution >= 4 is 27.6 Å². The van der Waals surface area contributed by atoms with E-state index >= 15 is 0 Å². The average Bonchev–Trinajstić information content (AvgIpc) is 2.78. The van der Waals surface area contributed by atoms with Crippen LogP contribution in [-0.4, -0.2) is 25.2 Å². The van der Waals surface area contributed by atoms with Crippen LogP contribution in [0.3, 0.4) is 0 Å². The normalized spacial score (nSPS) is 10.7. The predicted octanol–water partition coefficient (Wildman–Crippen LogP) is 2.44. The molecule has 0 atom stereocenters. The van der Waals surface area contributed by atoms with Gasteiger partial charge in [-0.3, -0.25) is 30.6 Å². The van der Waals surface area contributed by atoms with Gasteiger partial charge in [-0.15, -0.1) is 0 Å². The molecule has 2 amide bonds. The maximum absolute atomic E-state index is 12.3. The third kappa shape index (κ3) is 5.42. The van der Waals surface area contributed by atoms with Gasteiger partial charge in [0.25, 0.3) is 17.5 Å². The molecule has 3 rings (SSSR count). The number of carbonyl (C=O) groups is 2. The van der Waals surface area contributed by atoms with E-state index in [0.29, 0.717) is 5.56 Å². The van der Waals surface area contributed by atoms with Crippen molar-refractivity contribution in [3.63, 3.8) is 0 Å². The zero-order valence-corrected chi connectivity index (χ0v) is 16.5. The van der Waals surface area contributed by atoms with E-state index in [1.165, 1.54) is 36.4 Å². The molecule has 158 valence electrons. The molecule has 0 aromatic heterocycles. The zero-order valence-electron chi connectivity index (χ0n) is 15.7. The molecule has 11 heteroatoms. The van der Waals surface area contributed by atoms with Crippen LogP contribution in [-0.2, 0) is 10.1 Å². The van der Waals surface area contributed by atoms with Crippen LogP contribution in [0.25, 0.3) is 0 Å². The van der Waals surface area contributed by atoms with Gasteiger partial charge < -0.3 is 4.18 Å². The second kappa shape index (κ2) is 9.05. The molecular weight excluding hydrogens is 426 g/mol. The monoisotopic (exact) mass is 441 g/mol. The molecule has 0 fully saturated rings. The lowest BCUT2D eigenvalue weighted by Crippen LogP contribution is -2.41. The molecule has 0 aliphatic heterocycles. The van der Waals surface area contributed by atoms with Crippen LogP contribution in [0.5, 0.6) is 5.75 Å². The van der Waals surface area contributed by atoms with Crippen molar-refractivity contribution in [3.8, 4) is 5.75 Å². The number of hydrogen-bond acceptors (Lipinski definition) is 7. The Morgan fingerprint density at radius 1 is 0.806 bits per heavy atom. The van der Waals surface area contributed by atoms with E-state index in [2.05, 4.69) is 10.9 Å². The highest BCUT2D eigenvalue weighted by Crippen LogP contribution is 2.22. The fourth-order valence-electron chi connectivity index (χ4n) is 2.44. The molecule has 3 aromatic rings. The van der Waals surface area contributed by atoms with Gasteiger partial charge in [-0.1, -0.05) is 24.3 Å². The fraction of sp³-hybridized carbons (Fsp3) is 0. The van der Waals surface area contributed by atoms with Crippen LogP contribution in [0.15, 0.2) is 83.8 Å². The van der Waals surface area contributed by atoms with E-state index in [1.807, 2.05) is 0 Å². The molecule has 2 N–H and O–H groups in total. The van der Waals surface area contributed by atoms with Gasteiger partial charge in [0.1, 0.15) is 10.6 Å². The topological polar surface area (TPSA) is 145 Å². The van der Waals surface area contributed by atoms with Crippen molar-refractivity contribution in [2.75, 3.05) is 0 Å². The Labute approximate surface area is 176 Å². The van der Waals surface area contributed by atoms with Gasteiger partial charge >= 0.3 is 10.1 Å². The molecule has 0 aliphatic carbocycles. The van der Waals surface area contributed by atoms with Crippen molar-refractivity contribution in [3.05, 3.63) is 100 Å². The SMILES string of the molecule is O=C(NNC(=O)c1ccc(OS(=O)(=O)c2cccc([N+](=O)[O-])c2)cc1)c1ccccc1. The van der Waals surface area contributed by atoms with Gasteiger partial charge in [-0.2, -0.15) is 8.42 Å². The number of carbonyl (C=O) groups excluding carboxylic acids is 2. The highest BCUT2D eigenvalue weighted by molar-refractivity contribution is 7.87. The Kier molecular flexibility index (Phi) is 6.26. The standard InChI is InChI=1S/C20H15N3O7S/c24-19(14-5-2-1-3-6-14)21-22-20(25)15-9-11-17(12-10-15)30-31(28,29)18-8-4-7-16(13-18)23(26)27/h1-13H,(H,21,24)(H,22,25). The molecular formula is C20H15N3O7S. The van der Waals surface area contributed by atoms with Crippen LogP contribution in [0, 0.1) is 10.1 Å². The van der Waals surface area contributed by atoms with Crippen LogP contribution < -0.4 is 15.0 Å². The van der Waals surface area contributed by atoms with Crippen molar-refractivity contribution < 1.29 is 27.1 Å². The van der Waals surface area contributed by atoms with E-state index in [0.717, 1.165) is 12.1 Å². The second-order valence-electron chi connectivity index (χ2n) is 6.09. The summed E-state index contributed by atoms with van der Waals surface area (Å²) in [5.74, 6) is -1.23. The lowest BCUT2D eigenvalue weighted by atomic mass is 10.2. The molecule has 0 saturated heterocycles. The highest BCUT2D eigenvalue weighted by atomic mass is 32.2. The summed E-state index contributed by atoms with van der Waals surface area (Å²) in [6.45, 7) is 0. The summed E-state index contributed by atoms with van der Waals surface area (Å²) in [6, 6.07) is 17.8. The Bertz CT molecular complexity index is 1230. The molecule has 0 aliphatic rings. The molecule has 0 heterocycles. The van der Waals surface area contributed by atoms with Crippen LogP contribution in [0.4, 0.5) is 5.69 Å². The lowest BCUT2D eigenvalue weighted by Gasteiger charge is -2.09. The first-order valence-electron chi connectivity index (χ1n) is 8.71. The minimum atomic E-state index is -4.32. The summed E-state index contributed by atoms with van der Waals surface area (Å²) in [6.07, 6.45) is 0. The van der Waals surface area contributed by atoms with Gasteiger partial charge in [-0.25, -0.2) is 0 Å². The Balaban J connectivity index is 1.64. The summed E-state index contributed by atoms with van der Waals surface area (Å²) >= 11 is 0. The number of non-ortho nitro benzene ring substituents is 1. The number of hydrazine groups is 1. The van der Waals surface area contributed by atoms with Crippen LogP contribution >= 0.6 is 0 Å². The predicted molar refractivity (Wildman–Crippen MR) is 109 cm³/mol. The lowest BCUT2D eigenvalue weighted by molar-refractivity contribution is -0.385. The second-order valence-corrected chi connectivity index (χ2v) is 7.64. The van der Waals surface area contributed by atoms with Gasteiger partial charge in [0.2, 0.25) is 0 Å². The van der Waals surface area contributed by atoms with Gasteiger partial charge in [-0.05, 0) is 42.5 Å². The number of hydrogen-bond donors (Lipinski definition) is 2. The Morgan fingerprint density at radius 3 is 1.97 bits per heavy atom. The molecule has 31 heavy (non-hydrogen) atoms. The number of nitrogens with one attached hydrogen (secondary N) is 2. The third-order valence-corrected chi connectivity index (χ3v) is 5.21. The largest absolute Gasteiger partial charge is 0.379 e. The average molecular weight is 441 g/mol. The van der Waals surface area contributed by atoms with Crippen molar-refractivity contribution in [2.45, 2.75) is 4.90 Å². The first-order valence-corrected chi connectivity index (χ1v) is 10.1. The number of rotatable bonds is 6. The number of nitrogens with zero attached hydrogens (tertiary/aromatic N) is 1. The van der Waals surface area contributed by atoms with E-state index in [9.17, 15) is 28.1 Å². The van der Waals surface area contributed by atoms with Gasteiger partial charge in [0, 0.05) is 23.3 Å². The molecule has 0 radical (unpaired) electrons. The smallest absolute Gasteiger partial charge is 0.339 e. The molecule has 3 aromatic carbocycles. The number of amides is 2. The highest BCUT2D eigenvalue weighted by Gasteiger charge is 2.20. The summed E-state index contributed by atoms with van der Waals surface area (Å²) in [4.78, 5) is 33.8. The molecule has 0 spiro atoms. The van der Waals surface area contributed by atoms with Crippen LogP contribution in [0.1, 0.15) is 20.7 Å². The quantitative estimate of drug-likeness (QED) is 0.339. The van der Waals surface area contributed by atoms with E-state index in [-0.39, 0.29) is 16.2 Å². The number of benzene rings is 3. The van der Waals surface area contributed by atoms with Crippen molar-refractivity contribution in [2.24, 2.45) is 0 Å². The minimum Gasteiger partial charge on any atom is -0.379 e. The maximum Gasteiger partial charge on any atom is 0.339 e. The van der Waals surface area contributed by atoms with E-state index < -0.39 is 32.5 Å². The van der Waals surface area contributed by atoms with Crippen molar-refractivity contribution in [1.29, 1.82) is 0 Å². The molecule has 0 saturated carbocycles. The summed E-state index contributed by atoms with van der Waals surface area (Å²) < 4.78 is 29.6. The third-order valence-electron chi connectivity index (χ3n) is 3.97. The molecule has 10 nitrogen and oxygen atoms in total. The summed E-state index contributed by atoms with van der Waals surface area (Å²) in [7, 11) is -4.32. The van der Waals surface area contributed by atoms with Gasteiger partial charge in [0.15, 0.2) is 0 Å². The first kappa shape index (κ1) is 21.5. The zero-order chi connectivity index (χ0) is 22.4. The van der Waals surface area contributed by atoms with E-state index in [1.54, 1.807) is 30.3 Å². The Hall–Kier alpha value is -4.25. The molecule has 0 bridgehead atoms. The maximum atomic E-state index is 12.3. The van der Waals surface area contributed by atoms with Crippen molar-refractivity contribution in [1.82, 2.24) is 10.9 Å². The summed E-state index contributed by atoms with van der Waals surface area (Å²) in [5, 5.41) is 10.8. The fourth-order valence-corrected chi connectivity index (χ4v) is 3.41. The summed E-state index contributed by atoms with van der Waals surface area (Å²) in [5.41, 5.74) is 4.61. The van der Waals surface area contributed by atoms with E-state index in [4.69, 9.17) is 4.18 Å². The number of nitro groups is 1. The first-order chi connectivity index (χ1) is 14.8. The Morgan fingerprint density at radius 2 is 1.39 bits per heavy atom. The molecule has 0 unspecified atom stereocenters. The minimum absolute atomic E-state index is 0.101.